The molecule has 1 atom stereocenters. The molecule has 2 aliphatic rings. The summed E-state index contributed by atoms with van der Waals surface area (Å²) in [5.74, 6) is 1.23. The van der Waals surface area contributed by atoms with Crippen LogP contribution in [0.1, 0.15) is 46.9 Å². The second kappa shape index (κ2) is 7.68. The Morgan fingerprint density at radius 2 is 2.07 bits per heavy atom. The average molecular weight is 369 g/mol. The van der Waals surface area contributed by atoms with Crippen LogP contribution in [0.3, 0.4) is 0 Å². The highest BCUT2D eigenvalue weighted by atomic mass is 16.5. The van der Waals surface area contributed by atoms with Gasteiger partial charge in [-0.15, -0.1) is 0 Å². The van der Waals surface area contributed by atoms with E-state index in [9.17, 15) is 4.79 Å². The Kier molecular flexibility index (Phi) is 5.11. The molecule has 2 aliphatic heterocycles. The van der Waals surface area contributed by atoms with E-state index in [2.05, 4.69) is 15.2 Å². The van der Waals surface area contributed by atoms with E-state index >= 15 is 0 Å². The SMILES string of the molecule is Cc1c(C(=O)NC2CCN(c3nccc(C4CCOCC4)n3)C2)ccn1C. The largest absolute Gasteiger partial charge is 0.381 e. The van der Waals surface area contributed by atoms with Gasteiger partial charge in [-0.1, -0.05) is 0 Å². The van der Waals surface area contributed by atoms with Gasteiger partial charge in [-0.2, -0.15) is 0 Å². The highest BCUT2D eigenvalue weighted by molar-refractivity contribution is 5.95. The first-order chi connectivity index (χ1) is 13.1. The van der Waals surface area contributed by atoms with Crippen molar-refractivity contribution in [3.05, 3.63) is 41.5 Å². The predicted molar refractivity (Wildman–Crippen MR) is 103 cm³/mol. The minimum Gasteiger partial charge on any atom is -0.381 e. The maximum absolute atomic E-state index is 12.6. The van der Waals surface area contributed by atoms with Crippen molar-refractivity contribution in [2.45, 2.75) is 38.1 Å². The third-order valence-corrected chi connectivity index (χ3v) is 5.74. The van der Waals surface area contributed by atoms with Crippen molar-refractivity contribution in [2.24, 2.45) is 7.05 Å². The number of nitrogens with one attached hydrogen (secondary N) is 1. The van der Waals surface area contributed by atoms with Crippen LogP contribution in [0.2, 0.25) is 0 Å². The lowest BCUT2D eigenvalue weighted by Gasteiger charge is -2.23. The standard InChI is InChI=1S/C20H27N5O2/c1-14-17(5-9-24(14)2)19(26)22-16-4-10-25(13-16)20-21-8-3-18(23-20)15-6-11-27-12-7-15/h3,5,8-9,15-16H,4,6-7,10-13H2,1-2H3,(H,22,26). The van der Waals surface area contributed by atoms with E-state index in [1.165, 1.54) is 0 Å². The molecule has 0 saturated carbocycles. The molecule has 2 saturated heterocycles. The normalized spacial score (nSPS) is 20.8. The number of rotatable bonds is 4. The van der Waals surface area contributed by atoms with Crippen LogP contribution >= 0.6 is 0 Å². The molecule has 7 heteroatoms. The third-order valence-electron chi connectivity index (χ3n) is 5.74. The minimum absolute atomic E-state index is 0.00294. The highest BCUT2D eigenvalue weighted by Crippen LogP contribution is 2.27. The van der Waals surface area contributed by atoms with Gasteiger partial charge in [0.1, 0.15) is 0 Å². The Hall–Kier alpha value is -2.41. The summed E-state index contributed by atoms with van der Waals surface area (Å²) >= 11 is 0. The second-order valence-corrected chi connectivity index (χ2v) is 7.50. The topological polar surface area (TPSA) is 72.3 Å². The number of aromatic nitrogens is 3. The molecule has 7 nitrogen and oxygen atoms in total. The maximum Gasteiger partial charge on any atom is 0.253 e. The molecule has 1 amide bonds. The van der Waals surface area contributed by atoms with Gasteiger partial charge in [0.25, 0.3) is 5.91 Å². The monoisotopic (exact) mass is 369 g/mol. The molecule has 0 aromatic carbocycles. The van der Waals surface area contributed by atoms with Gasteiger partial charge in [0.2, 0.25) is 5.95 Å². The summed E-state index contributed by atoms with van der Waals surface area (Å²) in [6.45, 7) is 5.18. The number of amides is 1. The summed E-state index contributed by atoms with van der Waals surface area (Å²) in [6.07, 6.45) is 6.72. The second-order valence-electron chi connectivity index (χ2n) is 7.50. The molecule has 0 spiro atoms. The molecule has 1 N–H and O–H groups in total. The summed E-state index contributed by atoms with van der Waals surface area (Å²) in [5, 5.41) is 3.16. The molecule has 1 unspecified atom stereocenters. The molecule has 0 aliphatic carbocycles. The van der Waals surface area contributed by atoms with Gasteiger partial charge in [-0.25, -0.2) is 9.97 Å². The minimum atomic E-state index is -0.00294. The average Bonchev–Trinajstić information content (AvgIpc) is 3.30. The van der Waals surface area contributed by atoms with Crippen LogP contribution in [0.5, 0.6) is 0 Å². The summed E-state index contributed by atoms with van der Waals surface area (Å²) in [7, 11) is 1.95. The Bertz CT molecular complexity index is 812. The van der Waals surface area contributed by atoms with Crippen molar-refractivity contribution >= 4 is 11.9 Å². The van der Waals surface area contributed by atoms with Crippen LogP contribution in [-0.2, 0) is 11.8 Å². The first-order valence-corrected chi connectivity index (χ1v) is 9.70. The van der Waals surface area contributed by atoms with E-state index in [0.29, 0.717) is 5.92 Å². The summed E-state index contributed by atoms with van der Waals surface area (Å²) in [6, 6.07) is 4.01. The fraction of sp³-hybridized carbons (Fsp3) is 0.550. The van der Waals surface area contributed by atoms with E-state index in [4.69, 9.17) is 9.72 Å². The molecule has 0 bridgehead atoms. The number of carbonyl (C=O) groups excluding carboxylic acids is 1. The number of hydrogen-bond acceptors (Lipinski definition) is 5. The molecule has 27 heavy (non-hydrogen) atoms. The van der Waals surface area contributed by atoms with Gasteiger partial charge in [0, 0.05) is 69.1 Å². The van der Waals surface area contributed by atoms with Gasteiger partial charge >= 0.3 is 0 Å². The maximum atomic E-state index is 12.6. The molecule has 2 aromatic heterocycles. The lowest BCUT2D eigenvalue weighted by molar-refractivity contribution is 0.0845. The van der Waals surface area contributed by atoms with E-state index in [0.717, 1.165) is 68.5 Å². The van der Waals surface area contributed by atoms with Gasteiger partial charge < -0.3 is 19.5 Å². The first kappa shape index (κ1) is 18.0. The molecule has 4 heterocycles. The fourth-order valence-corrected chi connectivity index (χ4v) is 3.91. The number of anilines is 1. The number of ether oxygens (including phenoxy) is 1. The van der Waals surface area contributed by atoms with Crippen LogP contribution in [0.15, 0.2) is 24.5 Å². The predicted octanol–water partition coefficient (Wildman–Crippen LogP) is 2.03. The number of carbonyl (C=O) groups is 1. The quantitative estimate of drug-likeness (QED) is 0.893. The van der Waals surface area contributed by atoms with Crippen molar-refractivity contribution in [1.82, 2.24) is 19.9 Å². The van der Waals surface area contributed by atoms with Crippen LogP contribution in [0, 0.1) is 6.92 Å². The van der Waals surface area contributed by atoms with Gasteiger partial charge in [0.15, 0.2) is 0 Å². The van der Waals surface area contributed by atoms with Crippen molar-refractivity contribution in [3.8, 4) is 0 Å². The van der Waals surface area contributed by atoms with E-state index in [1.807, 2.05) is 43.1 Å². The van der Waals surface area contributed by atoms with Gasteiger partial charge in [-0.3, -0.25) is 4.79 Å². The van der Waals surface area contributed by atoms with Crippen LogP contribution in [0.25, 0.3) is 0 Å². The molecule has 4 rings (SSSR count). The summed E-state index contributed by atoms with van der Waals surface area (Å²) < 4.78 is 7.42. The Balaban J connectivity index is 1.39. The zero-order chi connectivity index (χ0) is 18.8. The van der Waals surface area contributed by atoms with Crippen LogP contribution < -0.4 is 10.2 Å². The van der Waals surface area contributed by atoms with Gasteiger partial charge in [0.05, 0.1) is 5.56 Å². The number of aryl methyl sites for hydroxylation is 1. The molecule has 0 radical (unpaired) electrons. The lowest BCUT2D eigenvalue weighted by Crippen LogP contribution is -2.37. The van der Waals surface area contributed by atoms with Crippen molar-refractivity contribution < 1.29 is 9.53 Å². The molecule has 144 valence electrons. The number of hydrogen-bond donors (Lipinski definition) is 1. The molecular formula is C20H27N5O2. The fourth-order valence-electron chi connectivity index (χ4n) is 3.91. The molecule has 2 fully saturated rings. The summed E-state index contributed by atoms with van der Waals surface area (Å²) in [5.41, 5.74) is 2.83. The Labute approximate surface area is 159 Å². The zero-order valence-electron chi connectivity index (χ0n) is 16.0. The van der Waals surface area contributed by atoms with Crippen molar-refractivity contribution in [1.29, 1.82) is 0 Å². The first-order valence-electron chi connectivity index (χ1n) is 9.70. The highest BCUT2D eigenvalue weighted by Gasteiger charge is 2.27. The van der Waals surface area contributed by atoms with Crippen LogP contribution in [0.4, 0.5) is 5.95 Å². The number of nitrogens with zero attached hydrogens (tertiary/aromatic N) is 4. The molecule has 2 aromatic rings. The van der Waals surface area contributed by atoms with Crippen molar-refractivity contribution in [3.63, 3.8) is 0 Å². The van der Waals surface area contributed by atoms with Crippen molar-refractivity contribution in [2.75, 3.05) is 31.2 Å². The molecular weight excluding hydrogens is 342 g/mol. The van der Waals surface area contributed by atoms with Crippen LogP contribution in [-0.4, -0.2) is 52.8 Å². The smallest absolute Gasteiger partial charge is 0.253 e. The lowest BCUT2D eigenvalue weighted by atomic mass is 9.96. The van der Waals surface area contributed by atoms with E-state index in [-0.39, 0.29) is 11.9 Å². The van der Waals surface area contributed by atoms with E-state index < -0.39 is 0 Å². The Morgan fingerprint density at radius 1 is 1.26 bits per heavy atom. The summed E-state index contributed by atoms with van der Waals surface area (Å²) in [4.78, 5) is 24.0. The Morgan fingerprint density at radius 3 is 2.81 bits per heavy atom. The van der Waals surface area contributed by atoms with E-state index in [1.54, 1.807) is 0 Å². The zero-order valence-corrected chi connectivity index (χ0v) is 16.0. The van der Waals surface area contributed by atoms with Gasteiger partial charge in [-0.05, 0) is 38.3 Å². The third kappa shape index (κ3) is 3.83.